The van der Waals surface area contributed by atoms with Crippen molar-refractivity contribution in [3.8, 4) is 0 Å². The number of hydrogen-bond acceptors (Lipinski definition) is 5. The maximum absolute atomic E-state index is 13.0. The average molecular weight is 379 g/mol. The summed E-state index contributed by atoms with van der Waals surface area (Å²) in [6, 6.07) is 1.96. The molecule has 2 aromatic rings. The van der Waals surface area contributed by atoms with Gasteiger partial charge in [-0.1, -0.05) is 0 Å². The molecule has 2 fully saturated rings. The van der Waals surface area contributed by atoms with Crippen LogP contribution in [0.15, 0.2) is 18.5 Å². The number of piperidine rings is 1. The maximum Gasteiger partial charge on any atom is 0.259 e. The number of likely N-dealkylation sites (tertiary alicyclic amines) is 1. The molecule has 4 heterocycles. The van der Waals surface area contributed by atoms with E-state index in [-0.39, 0.29) is 30.3 Å². The average Bonchev–Trinajstić information content (AvgIpc) is 3.04. The molecule has 2 amide bonds. The molecule has 1 atom stereocenters. The fraction of sp³-hybridized carbons (Fsp3) is 0.529. The first-order valence-corrected chi connectivity index (χ1v) is 8.74. The summed E-state index contributed by atoms with van der Waals surface area (Å²) in [5.74, 6) is 0.0687. The van der Waals surface area contributed by atoms with E-state index < -0.39 is 0 Å². The van der Waals surface area contributed by atoms with Crippen LogP contribution in [-0.2, 0) is 4.79 Å². The number of rotatable bonds is 2. The molecule has 4 rings (SSSR count). The highest BCUT2D eigenvalue weighted by Gasteiger charge is 2.32. The molecule has 0 saturated carbocycles. The van der Waals surface area contributed by atoms with Crippen LogP contribution in [0, 0.1) is 6.92 Å². The molecule has 1 N–H and O–H groups in total. The van der Waals surface area contributed by atoms with Crippen LogP contribution < -0.4 is 5.32 Å². The molecule has 1 unspecified atom stereocenters. The minimum Gasteiger partial charge on any atom is -0.336 e. The summed E-state index contributed by atoms with van der Waals surface area (Å²) in [5.41, 5.74) is 1.96. The van der Waals surface area contributed by atoms with Crippen LogP contribution in [0.1, 0.15) is 28.9 Å². The molecular formula is C17H23ClN6O2. The van der Waals surface area contributed by atoms with Crippen molar-refractivity contribution >= 4 is 29.9 Å². The number of fused-ring (bicyclic) bond motifs is 1. The maximum atomic E-state index is 13.0. The van der Waals surface area contributed by atoms with Gasteiger partial charge in [0.05, 0.1) is 12.7 Å². The van der Waals surface area contributed by atoms with Gasteiger partial charge in [-0.3, -0.25) is 9.59 Å². The van der Waals surface area contributed by atoms with E-state index in [0.29, 0.717) is 37.4 Å². The number of carbonyl (C=O) groups is 2. The highest BCUT2D eigenvalue weighted by molar-refractivity contribution is 5.99. The summed E-state index contributed by atoms with van der Waals surface area (Å²) in [5, 5.41) is 7.32. The zero-order valence-electron chi connectivity index (χ0n) is 14.7. The van der Waals surface area contributed by atoms with E-state index in [1.807, 2.05) is 29.0 Å². The van der Waals surface area contributed by atoms with Gasteiger partial charge in [0.1, 0.15) is 5.56 Å². The molecule has 2 aromatic heterocycles. The SMILES string of the molecule is Cc1ccn2ncc(C(=O)N3CCCC(N4CCNCC4=O)C3)c2n1.Cl. The van der Waals surface area contributed by atoms with Crippen LogP contribution in [0.3, 0.4) is 0 Å². The second-order valence-electron chi connectivity index (χ2n) is 6.71. The molecule has 26 heavy (non-hydrogen) atoms. The smallest absolute Gasteiger partial charge is 0.259 e. The topological polar surface area (TPSA) is 82.8 Å². The summed E-state index contributed by atoms with van der Waals surface area (Å²) in [7, 11) is 0. The Balaban J connectivity index is 0.00000196. The summed E-state index contributed by atoms with van der Waals surface area (Å²) in [6.45, 7) is 5.10. The molecule has 0 radical (unpaired) electrons. The fourth-order valence-corrected chi connectivity index (χ4v) is 3.68. The first-order valence-electron chi connectivity index (χ1n) is 8.74. The minimum atomic E-state index is -0.0552. The van der Waals surface area contributed by atoms with Gasteiger partial charge in [-0.25, -0.2) is 9.50 Å². The van der Waals surface area contributed by atoms with E-state index in [9.17, 15) is 9.59 Å². The van der Waals surface area contributed by atoms with Gasteiger partial charge >= 0.3 is 0 Å². The van der Waals surface area contributed by atoms with Crippen molar-refractivity contribution in [2.24, 2.45) is 0 Å². The summed E-state index contributed by atoms with van der Waals surface area (Å²) >= 11 is 0. The Morgan fingerprint density at radius 3 is 3.00 bits per heavy atom. The van der Waals surface area contributed by atoms with E-state index in [0.717, 1.165) is 25.1 Å². The van der Waals surface area contributed by atoms with Crippen molar-refractivity contribution in [3.63, 3.8) is 0 Å². The molecule has 0 aliphatic carbocycles. The Bertz CT molecular complexity index is 823. The molecule has 0 bridgehead atoms. The number of nitrogens with zero attached hydrogens (tertiary/aromatic N) is 5. The molecule has 2 saturated heterocycles. The van der Waals surface area contributed by atoms with E-state index in [4.69, 9.17) is 0 Å². The highest BCUT2D eigenvalue weighted by Crippen LogP contribution is 2.20. The van der Waals surface area contributed by atoms with Gasteiger partial charge in [0.25, 0.3) is 5.91 Å². The lowest BCUT2D eigenvalue weighted by atomic mass is 10.0. The Kier molecular flexibility index (Phi) is 5.43. The monoisotopic (exact) mass is 378 g/mol. The van der Waals surface area contributed by atoms with E-state index in [2.05, 4.69) is 15.4 Å². The molecule has 0 aromatic carbocycles. The van der Waals surface area contributed by atoms with E-state index in [1.165, 1.54) is 0 Å². The first-order chi connectivity index (χ1) is 12.1. The van der Waals surface area contributed by atoms with Gasteiger partial charge in [0.15, 0.2) is 5.65 Å². The Labute approximate surface area is 158 Å². The summed E-state index contributed by atoms with van der Waals surface area (Å²) in [6.07, 6.45) is 5.25. The highest BCUT2D eigenvalue weighted by atomic mass is 35.5. The number of amides is 2. The van der Waals surface area contributed by atoms with Crippen molar-refractivity contribution in [2.45, 2.75) is 25.8 Å². The Hall–Kier alpha value is -2.19. The van der Waals surface area contributed by atoms with Gasteiger partial charge in [0.2, 0.25) is 5.91 Å². The molecule has 2 aliphatic heterocycles. The zero-order valence-corrected chi connectivity index (χ0v) is 15.5. The Morgan fingerprint density at radius 1 is 1.35 bits per heavy atom. The van der Waals surface area contributed by atoms with Crippen molar-refractivity contribution < 1.29 is 9.59 Å². The third kappa shape index (κ3) is 3.39. The quantitative estimate of drug-likeness (QED) is 0.822. The normalized spacial score (nSPS) is 21.0. The van der Waals surface area contributed by atoms with Crippen molar-refractivity contribution in [2.75, 3.05) is 32.7 Å². The van der Waals surface area contributed by atoms with Crippen LogP contribution >= 0.6 is 12.4 Å². The second kappa shape index (κ2) is 7.59. The lowest BCUT2D eigenvalue weighted by molar-refractivity contribution is -0.135. The minimum absolute atomic E-state index is 0. The van der Waals surface area contributed by atoms with E-state index in [1.54, 1.807) is 10.7 Å². The van der Waals surface area contributed by atoms with Crippen molar-refractivity contribution in [1.82, 2.24) is 29.7 Å². The van der Waals surface area contributed by atoms with Crippen LogP contribution in [0.2, 0.25) is 0 Å². The number of aromatic nitrogens is 3. The number of nitrogens with one attached hydrogen (secondary N) is 1. The van der Waals surface area contributed by atoms with Gasteiger partial charge in [-0.15, -0.1) is 12.4 Å². The van der Waals surface area contributed by atoms with Gasteiger partial charge in [-0.2, -0.15) is 5.10 Å². The van der Waals surface area contributed by atoms with Crippen LogP contribution in [0.4, 0.5) is 0 Å². The lowest BCUT2D eigenvalue weighted by Crippen LogP contribution is -2.57. The zero-order chi connectivity index (χ0) is 17.4. The van der Waals surface area contributed by atoms with Gasteiger partial charge in [0, 0.05) is 44.1 Å². The number of halogens is 1. The Morgan fingerprint density at radius 2 is 2.19 bits per heavy atom. The molecule has 2 aliphatic rings. The van der Waals surface area contributed by atoms with Crippen LogP contribution in [0.5, 0.6) is 0 Å². The second-order valence-corrected chi connectivity index (χ2v) is 6.71. The van der Waals surface area contributed by atoms with Crippen LogP contribution in [-0.4, -0.2) is 75.0 Å². The van der Waals surface area contributed by atoms with E-state index >= 15 is 0 Å². The summed E-state index contributed by atoms with van der Waals surface area (Å²) in [4.78, 5) is 33.4. The van der Waals surface area contributed by atoms with Gasteiger partial charge in [-0.05, 0) is 25.8 Å². The van der Waals surface area contributed by atoms with Crippen molar-refractivity contribution in [3.05, 3.63) is 29.7 Å². The third-order valence-corrected chi connectivity index (χ3v) is 4.99. The molecule has 9 heteroatoms. The van der Waals surface area contributed by atoms with Crippen molar-refractivity contribution in [1.29, 1.82) is 0 Å². The molecular weight excluding hydrogens is 356 g/mol. The van der Waals surface area contributed by atoms with Gasteiger partial charge < -0.3 is 15.1 Å². The van der Waals surface area contributed by atoms with Crippen LogP contribution in [0.25, 0.3) is 5.65 Å². The molecule has 140 valence electrons. The fourth-order valence-electron chi connectivity index (χ4n) is 3.68. The largest absolute Gasteiger partial charge is 0.336 e. The lowest BCUT2D eigenvalue weighted by Gasteiger charge is -2.41. The number of carbonyl (C=O) groups excluding carboxylic acids is 2. The molecule has 0 spiro atoms. The predicted octanol–water partition coefficient (Wildman–Crippen LogP) is 0.496. The number of aryl methyl sites for hydroxylation is 1. The standard InChI is InChI=1S/C17H22N6O2.ClH/c1-12-4-7-23-16(20-12)14(9-19-23)17(25)21-6-2-3-13(11-21)22-8-5-18-10-15(22)24;/h4,7,9,13,18H,2-3,5-6,8,10-11H2,1H3;1H. The predicted molar refractivity (Wildman–Crippen MR) is 98.5 cm³/mol. The summed E-state index contributed by atoms with van der Waals surface area (Å²) < 4.78 is 1.63. The number of piperazine rings is 1. The first kappa shape index (κ1) is 18.6. The molecule has 8 nitrogen and oxygen atoms in total. The third-order valence-electron chi connectivity index (χ3n) is 4.99. The number of hydrogen-bond donors (Lipinski definition) is 1.